The van der Waals surface area contributed by atoms with Crippen LogP contribution in [0.2, 0.25) is 5.02 Å². The van der Waals surface area contributed by atoms with Crippen LogP contribution in [0, 0.1) is 0 Å². The molecule has 0 radical (unpaired) electrons. The van der Waals surface area contributed by atoms with Crippen LogP contribution in [0.5, 0.6) is 11.5 Å². The van der Waals surface area contributed by atoms with E-state index in [1.807, 2.05) is 13.0 Å². The van der Waals surface area contributed by atoms with E-state index in [0.29, 0.717) is 47.1 Å². The highest BCUT2D eigenvalue weighted by Gasteiger charge is 2.20. The van der Waals surface area contributed by atoms with Gasteiger partial charge >= 0.3 is 11.9 Å². The number of hydrogen-bond donors (Lipinski definition) is 1. The average molecular weight is 493 g/mol. The van der Waals surface area contributed by atoms with Gasteiger partial charge in [0.25, 0.3) is 0 Å². The van der Waals surface area contributed by atoms with Crippen LogP contribution in [0.1, 0.15) is 61.5 Å². The maximum Gasteiger partial charge on any atom is 0.308 e. The molecule has 0 aliphatic rings. The number of Topliss-reactive ketones (excluding diaryl/α,β-unsaturated/α-hetero) is 1. The summed E-state index contributed by atoms with van der Waals surface area (Å²) >= 11 is 7.85. The van der Waals surface area contributed by atoms with E-state index < -0.39 is 11.9 Å². The number of carbonyl (C=O) groups is 3. The second-order valence-corrected chi connectivity index (χ2v) is 8.97. The Labute approximate surface area is 203 Å². The molecule has 2 rings (SSSR count). The summed E-state index contributed by atoms with van der Waals surface area (Å²) in [4.78, 5) is 35.7. The third-order valence-corrected chi connectivity index (χ3v) is 6.32. The molecule has 1 N–H and O–H groups in total. The summed E-state index contributed by atoms with van der Waals surface area (Å²) in [7, 11) is 0. The summed E-state index contributed by atoms with van der Waals surface area (Å²) in [6, 6.07) is 8.71. The molecule has 0 bridgehead atoms. The standard InChI is InChI=1S/C25H29ClO6S/c1-4-7-19-22(10-9-18(21(28)5-2)25(19)32-16(3)27)31-12-6-13-33-23-11-8-17(14-20(23)26)15-24(29)30/h8-11,14H,4-7,12-13,15H2,1-3H3,(H,29,30). The second-order valence-electron chi connectivity index (χ2n) is 7.43. The molecule has 0 amide bonds. The van der Waals surface area contributed by atoms with E-state index in [-0.39, 0.29) is 12.2 Å². The van der Waals surface area contributed by atoms with Gasteiger partial charge in [0.2, 0.25) is 0 Å². The zero-order valence-corrected chi connectivity index (χ0v) is 20.7. The van der Waals surface area contributed by atoms with E-state index in [4.69, 9.17) is 26.2 Å². The van der Waals surface area contributed by atoms with Gasteiger partial charge in [0.15, 0.2) is 5.78 Å². The molecule has 0 heterocycles. The molecule has 0 aliphatic heterocycles. The van der Waals surface area contributed by atoms with Gasteiger partial charge in [-0.15, -0.1) is 11.8 Å². The third-order valence-electron chi connectivity index (χ3n) is 4.74. The first-order valence-corrected chi connectivity index (χ1v) is 12.3. The van der Waals surface area contributed by atoms with Crippen molar-refractivity contribution >= 4 is 41.1 Å². The first-order valence-electron chi connectivity index (χ1n) is 10.9. The minimum atomic E-state index is -0.894. The largest absolute Gasteiger partial charge is 0.493 e. The van der Waals surface area contributed by atoms with Crippen molar-refractivity contribution < 1.29 is 29.0 Å². The molecule has 0 aliphatic carbocycles. The molecule has 2 aromatic rings. The SMILES string of the molecule is CCCc1c(OCCCSc2ccc(CC(=O)O)cc2Cl)ccc(C(=O)CC)c1OC(C)=O. The van der Waals surface area contributed by atoms with Crippen LogP contribution in [0.25, 0.3) is 0 Å². The normalized spacial score (nSPS) is 10.7. The van der Waals surface area contributed by atoms with Gasteiger partial charge in [-0.25, -0.2) is 0 Å². The van der Waals surface area contributed by atoms with E-state index in [1.54, 1.807) is 43.0 Å². The molecule has 178 valence electrons. The number of carbonyl (C=O) groups excluding carboxylic acids is 2. The lowest BCUT2D eigenvalue weighted by Gasteiger charge is -2.17. The zero-order valence-electron chi connectivity index (χ0n) is 19.1. The number of ketones is 1. The maximum absolute atomic E-state index is 12.3. The number of benzene rings is 2. The van der Waals surface area contributed by atoms with Crippen molar-refractivity contribution in [3.8, 4) is 11.5 Å². The number of carboxylic acids is 1. The van der Waals surface area contributed by atoms with Crippen LogP contribution < -0.4 is 9.47 Å². The highest BCUT2D eigenvalue weighted by Crippen LogP contribution is 2.35. The second kappa shape index (κ2) is 13.3. The van der Waals surface area contributed by atoms with Crippen LogP contribution in [0.3, 0.4) is 0 Å². The average Bonchev–Trinajstić information content (AvgIpc) is 2.75. The van der Waals surface area contributed by atoms with Gasteiger partial charge in [-0.2, -0.15) is 0 Å². The van der Waals surface area contributed by atoms with E-state index in [9.17, 15) is 14.4 Å². The van der Waals surface area contributed by atoms with Crippen molar-refractivity contribution in [2.45, 2.75) is 57.8 Å². The van der Waals surface area contributed by atoms with Crippen LogP contribution in [0.15, 0.2) is 35.2 Å². The number of esters is 1. The topological polar surface area (TPSA) is 89.9 Å². The lowest BCUT2D eigenvalue weighted by atomic mass is 9.99. The number of rotatable bonds is 13. The summed E-state index contributed by atoms with van der Waals surface area (Å²) in [5.74, 6) is 0.216. The minimum absolute atomic E-state index is 0.0590. The molecular formula is C25H29ClO6S. The van der Waals surface area contributed by atoms with Gasteiger partial charge in [-0.3, -0.25) is 14.4 Å². The number of carboxylic acid groups (broad SMARTS) is 1. The maximum atomic E-state index is 12.3. The molecule has 6 nitrogen and oxygen atoms in total. The Morgan fingerprint density at radius 1 is 1.12 bits per heavy atom. The van der Waals surface area contributed by atoms with E-state index >= 15 is 0 Å². The van der Waals surface area contributed by atoms with Gasteiger partial charge < -0.3 is 14.6 Å². The van der Waals surface area contributed by atoms with Crippen molar-refractivity contribution in [2.75, 3.05) is 12.4 Å². The Balaban J connectivity index is 2.03. The zero-order chi connectivity index (χ0) is 24.4. The Morgan fingerprint density at radius 3 is 2.48 bits per heavy atom. The van der Waals surface area contributed by atoms with E-state index in [1.165, 1.54) is 6.92 Å². The molecule has 0 spiro atoms. The monoisotopic (exact) mass is 492 g/mol. The quantitative estimate of drug-likeness (QED) is 0.120. The Kier molecular flexibility index (Phi) is 10.7. The molecule has 0 saturated heterocycles. The Hall–Kier alpha value is -2.51. The molecule has 0 atom stereocenters. The number of halogens is 1. The molecular weight excluding hydrogens is 464 g/mol. The van der Waals surface area contributed by atoms with Crippen molar-refractivity contribution in [3.63, 3.8) is 0 Å². The summed E-state index contributed by atoms with van der Waals surface area (Å²) < 4.78 is 11.4. The lowest BCUT2D eigenvalue weighted by molar-refractivity contribution is -0.136. The first-order chi connectivity index (χ1) is 15.8. The molecule has 33 heavy (non-hydrogen) atoms. The lowest BCUT2D eigenvalue weighted by Crippen LogP contribution is -2.12. The number of ether oxygens (including phenoxy) is 2. The number of thioether (sulfide) groups is 1. The Bertz CT molecular complexity index is 1000. The van der Waals surface area contributed by atoms with Gasteiger partial charge in [0.05, 0.1) is 23.6 Å². The molecule has 0 fully saturated rings. The summed E-state index contributed by atoms with van der Waals surface area (Å²) in [5.41, 5.74) is 1.80. The van der Waals surface area contributed by atoms with Gasteiger partial charge in [-0.1, -0.05) is 37.9 Å². The minimum Gasteiger partial charge on any atom is -0.493 e. The molecule has 0 unspecified atom stereocenters. The molecule has 0 aromatic heterocycles. The Morgan fingerprint density at radius 2 is 1.88 bits per heavy atom. The van der Waals surface area contributed by atoms with E-state index in [0.717, 1.165) is 29.1 Å². The van der Waals surface area contributed by atoms with Crippen LogP contribution >= 0.6 is 23.4 Å². The fraction of sp³-hybridized carbons (Fsp3) is 0.400. The number of aliphatic carboxylic acids is 1. The first kappa shape index (κ1) is 26.7. The van der Waals surface area contributed by atoms with Crippen molar-refractivity contribution in [1.82, 2.24) is 0 Å². The molecule has 2 aromatic carbocycles. The van der Waals surface area contributed by atoms with Gasteiger partial charge in [0.1, 0.15) is 11.5 Å². The highest BCUT2D eigenvalue weighted by atomic mass is 35.5. The van der Waals surface area contributed by atoms with Crippen LogP contribution in [0.4, 0.5) is 0 Å². The fourth-order valence-corrected chi connectivity index (χ4v) is 4.48. The molecule has 0 saturated carbocycles. The van der Waals surface area contributed by atoms with Crippen LogP contribution in [-0.2, 0) is 22.4 Å². The fourth-order valence-electron chi connectivity index (χ4n) is 3.27. The predicted molar refractivity (Wildman–Crippen MR) is 130 cm³/mol. The highest BCUT2D eigenvalue weighted by molar-refractivity contribution is 7.99. The predicted octanol–water partition coefficient (Wildman–Crippen LogP) is 6.00. The van der Waals surface area contributed by atoms with Crippen molar-refractivity contribution in [2.24, 2.45) is 0 Å². The van der Waals surface area contributed by atoms with Gasteiger partial charge in [-0.05, 0) is 42.7 Å². The molecule has 8 heteroatoms. The van der Waals surface area contributed by atoms with Gasteiger partial charge in [0, 0.05) is 29.6 Å². The smallest absolute Gasteiger partial charge is 0.308 e. The van der Waals surface area contributed by atoms with Crippen molar-refractivity contribution in [3.05, 3.63) is 52.0 Å². The number of hydrogen-bond acceptors (Lipinski definition) is 6. The van der Waals surface area contributed by atoms with Crippen molar-refractivity contribution in [1.29, 1.82) is 0 Å². The van der Waals surface area contributed by atoms with E-state index in [2.05, 4.69) is 0 Å². The summed E-state index contributed by atoms with van der Waals surface area (Å²) in [5, 5.41) is 9.42. The summed E-state index contributed by atoms with van der Waals surface area (Å²) in [6.45, 7) is 5.55. The summed E-state index contributed by atoms with van der Waals surface area (Å²) in [6.07, 6.45) is 2.42. The third kappa shape index (κ3) is 8.09. The van der Waals surface area contributed by atoms with Crippen LogP contribution in [-0.4, -0.2) is 35.2 Å².